The zero-order chi connectivity index (χ0) is 24.7. The second-order valence-electron chi connectivity index (χ2n) is 11.0. The highest BCUT2D eigenvalue weighted by molar-refractivity contribution is 5.87. The molecule has 35 heavy (non-hydrogen) atoms. The van der Waals surface area contributed by atoms with Gasteiger partial charge in [-0.3, -0.25) is 9.59 Å². The molecule has 2 fully saturated rings. The van der Waals surface area contributed by atoms with Crippen molar-refractivity contribution in [1.82, 2.24) is 5.32 Å². The molecule has 0 bridgehead atoms. The second-order valence-corrected chi connectivity index (χ2v) is 11.0. The average Bonchev–Trinajstić information content (AvgIpc) is 3.08. The van der Waals surface area contributed by atoms with E-state index in [-0.39, 0.29) is 29.3 Å². The summed E-state index contributed by atoms with van der Waals surface area (Å²) in [4.78, 5) is 25.5. The number of carbonyl (C=O) groups is 2. The Hall–Kier alpha value is -2.76. The first-order valence-corrected chi connectivity index (χ1v) is 12.8. The maximum Gasteiger partial charge on any atom is 0.220 e. The number of carbonyl (C=O) groups excluding carboxylic acids is 2. The van der Waals surface area contributed by atoms with E-state index in [9.17, 15) is 23.5 Å². The van der Waals surface area contributed by atoms with Crippen LogP contribution in [0.5, 0.6) is 5.75 Å². The third kappa shape index (κ3) is 4.48. The summed E-state index contributed by atoms with van der Waals surface area (Å²) in [5, 5.41) is 12.6. The van der Waals surface area contributed by atoms with Gasteiger partial charge in [-0.1, -0.05) is 19.1 Å². The molecule has 0 aromatic heterocycles. The predicted octanol–water partition coefficient (Wildman–Crippen LogP) is 5.81. The number of phenols is 1. The summed E-state index contributed by atoms with van der Waals surface area (Å²) in [7, 11) is 0. The Bertz CT molecular complexity index is 1150. The van der Waals surface area contributed by atoms with Gasteiger partial charge >= 0.3 is 0 Å². The van der Waals surface area contributed by atoms with E-state index in [2.05, 4.69) is 18.3 Å². The minimum atomic E-state index is -0.662. The van der Waals surface area contributed by atoms with Crippen LogP contribution in [0.2, 0.25) is 0 Å². The van der Waals surface area contributed by atoms with Crippen molar-refractivity contribution in [2.24, 2.45) is 23.2 Å². The van der Waals surface area contributed by atoms with Gasteiger partial charge in [0.1, 0.15) is 23.2 Å². The minimum Gasteiger partial charge on any atom is -0.508 e. The van der Waals surface area contributed by atoms with Crippen LogP contribution in [0.25, 0.3) is 0 Å². The summed E-state index contributed by atoms with van der Waals surface area (Å²) in [6, 6.07) is 9.10. The molecule has 0 saturated heterocycles. The largest absolute Gasteiger partial charge is 0.508 e. The zero-order valence-electron chi connectivity index (χ0n) is 20.2. The smallest absolute Gasteiger partial charge is 0.220 e. The number of amides is 1. The fourth-order valence-corrected chi connectivity index (χ4v) is 7.37. The molecule has 1 unspecified atom stereocenters. The van der Waals surface area contributed by atoms with Crippen molar-refractivity contribution in [3.8, 4) is 5.75 Å². The Balaban J connectivity index is 1.21. The van der Waals surface area contributed by atoms with Crippen LogP contribution in [0.1, 0.15) is 74.5 Å². The lowest BCUT2D eigenvalue weighted by Gasteiger charge is -2.50. The van der Waals surface area contributed by atoms with E-state index in [1.807, 2.05) is 6.07 Å². The summed E-state index contributed by atoms with van der Waals surface area (Å²) < 4.78 is 26.9. The van der Waals surface area contributed by atoms with E-state index in [4.69, 9.17) is 0 Å². The maximum absolute atomic E-state index is 13.8. The topological polar surface area (TPSA) is 66.4 Å². The summed E-state index contributed by atoms with van der Waals surface area (Å²) in [6.45, 7) is 2.19. The monoisotopic (exact) mass is 481 g/mol. The van der Waals surface area contributed by atoms with Crippen LogP contribution in [-0.2, 0) is 22.6 Å². The number of hydrogen-bond acceptors (Lipinski definition) is 3. The Morgan fingerprint density at radius 2 is 2.00 bits per heavy atom. The Kier molecular flexibility index (Phi) is 6.41. The van der Waals surface area contributed by atoms with Crippen LogP contribution in [-0.4, -0.2) is 16.8 Å². The molecule has 2 aromatic rings. The van der Waals surface area contributed by atoms with Gasteiger partial charge in [0.2, 0.25) is 5.91 Å². The van der Waals surface area contributed by atoms with Crippen molar-refractivity contribution < 1.29 is 23.5 Å². The van der Waals surface area contributed by atoms with Gasteiger partial charge in [0.15, 0.2) is 0 Å². The fraction of sp³-hybridized carbons (Fsp3) is 0.517. The molecular weight excluding hydrogens is 448 g/mol. The lowest BCUT2D eigenvalue weighted by Crippen LogP contribution is -2.44. The van der Waals surface area contributed by atoms with Crippen LogP contribution in [0, 0.1) is 34.8 Å². The lowest BCUT2D eigenvalue weighted by molar-refractivity contribution is -0.129. The molecule has 3 aliphatic carbocycles. The highest BCUT2D eigenvalue weighted by atomic mass is 19.1. The fourth-order valence-electron chi connectivity index (χ4n) is 7.37. The molecule has 2 N–H and O–H groups in total. The molecule has 1 amide bonds. The van der Waals surface area contributed by atoms with E-state index < -0.39 is 11.6 Å². The third-order valence-corrected chi connectivity index (χ3v) is 9.02. The molecule has 3 aliphatic rings. The SMILES string of the molecule is CC12CC[C@@H]3c4ccc(O)cc4CC[C@H]3[C@@H]1[C@H](CCCC(=O)NCc1ccc(F)cc1F)CC2=O. The van der Waals surface area contributed by atoms with Gasteiger partial charge in [-0.05, 0) is 91.5 Å². The van der Waals surface area contributed by atoms with Crippen LogP contribution >= 0.6 is 0 Å². The minimum absolute atomic E-state index is 0.0340. The molecular formula is C29H33F2NO3. The van der Waals surface area contributed by atoms with Crippen LogP contribution in [0.3, 0.4) is 0 Å². The van der Waals surface area contributed by atoms with Crippen LogP contribution < -0.4 is 5.32 Å². The lowest BCUT2D eigenvalue weighted by atomic mass is 9.54. The van der Waals surface area contributed by atoms with Gasteiger partial charge < -0.3 is 10.4 Å². The number of benzene rings is 2. The molecule has 5 atom stereocenters. The summed E-state index contributed by atoms with van der Waals surface area (Å²) in [5.41, 5.74) is 2.57. The molecule has 0 heterocycles. The number of hydrogen-bond donors (Lipinski definition) is 2. The highest BCUT2D eigenvalue weighted by Gasteiger charge is 2.58. The Labute approximate surface area is 205 Å². The first-order valence-electron chi connectivity index (χ1n) is 12.8. The molecule has 6 heteroatoms. The zero-order valence-corrected chi connectivity index (χ0v) is 20.2. The van der Waals surface area contributed by atoms with Gasteiger partial charge in [-0.2, -0.15) is 0 Å². The van der Waals surface area contributed by atoms with E-state index in [1.54, 1.807) is 6.07 Å². The van der Waals surface area contributed by atoms with Crippen molar-refractivity contribution in [2.75, 3.05) is 0 Å². The number of nitrogens with one attached hydrogen (secondary N) is 1. The second kappa shape index (κ2) is 9.36. The van der Waals surface area contributed by atoms with Crippen LogP contribution in [0.15, 0.2) is 36.4 Å². The normalized spacial score (nSPS) is 29.3. The van der Waals surface area contributed by atoms with E-state index in [0.29, 0.717) is 48.5 Å². The van der Waals surface area contributed by atoms with Crippen LogP contribution in [0.4, 0.5) is 8.78 Å². The number of ketones is 1. The Morgan fingerprint density at radius 3 is 2.80 bits per heavy atom. The van der Waals surface area contributed by atoms with Gasteiger partial charge in [-0.15, -0.1) is 0 Å². The number of halogens is 2. The van der Waals surface area contributed by atoms with Gasteiger partial charge in [0.25, 0.3) is 0 Å². The first kappa shape index (κ1) is 24.0. The summed E-state index contributed by atoms with van der Waals surface area (Å²) in [6.07, 6.45) is 6.31. The molecule has 186 valence electrons. The summed E-state index contributed by atoms with van der Waals surface area (Å²) >= 11 is 0. The molecule has 2 aromatic carbocycles. The van der Waals surface area contributed by atoms with Gasteiger partial charge in [0, 0.05) is 36.4 Å². The van der Waals surface area contributed by atoms with Crippen molar-refractivity contribution in [1.29, 1.82) is 0 Å². The quantitative estimate of drug-likeness (QED) is 0.547. The standard InChI is InChI=1S/C29H33F2NO3/c1-29-12-11-23-22-10-8-21(33)13-17(22)6-9-24(23)28(29)18(14-26(29)34)3-2-4-27(35)32-16-19-5-7-20(30)15-25(19)31/h5,7-8,10,13,15,18,23-24,28,33H,2-4,6,9,11-12,14,16H2,1H3,(H,32,35)/t18-,23-,24-,28+,29?/m1/s1. The predicted molar refractivity (Wildman–Crippen MR) is 129 cm³/mol. The molecule has 0 spiro atoms. The van der Waals surface area contributed by atoms with E-state index in [1.165, 1.54) is 23.3 Å². The molecule has 0 aliphatic heterocycles. The van der Waals surface area contributed by atoms with Crippen molar-refractivity contribution in [3.63, 3.8) is 0 Å². The molecule has 5 rings (SSSR count). The number of aromatic hydroxyl groups is 1. The number of fused-ring (bicyclic) bond motifs is 5. The molecule has 0 radical (unpaired) electrons. The number of rotatable bonds is 6. The first-order chi connectivity index (χ1) is 16.8. The summed E-state index contributed by atoms with van der Waals surface area (Å²) in [5.74, 6) is 0.723. The number of aryl methyl sites for hydroxylation is 1. The number of phenolic OH excluding ortho intramolecular Hbond substituents is 1. The molecule has 2 saturated carbocycles. The maximum atomic E-state index is 13.8. The van der Waals surface area contributed by atoms with Gasteiger partial charge in [0.05, 0.1) is 0 Å². The van der Waals surface area contributed by atoms with Crippen molar-refractivity contribution in [2.45, 2.75) is 70.8 Å². The van der Waals surface area contributed by atoms with E-state index in [0.717, 1.165) is 38.2 Å². The Morgan fingerprint density at radius 1 is 1.17 bits per heavy atom. The van der Waals surface area contributed by atoms with Crippen molar-refractivity contribution in [3.05, 3.63) is 64.7 Å². The van der Waals surface area contributed by atoms with Gasteiger partial charge in [-0.25, -0.2) is 8.78 Å². The third-order valence-electron chi connectivity index (χ3n) is 9.02. The average molecular weight is 482 g/mol. The number of Topliss-reactive ketones (excluding diaryl/α,β-unsaturated/α-hetero) is 1. The van der Waals surface area contributed by atoms with Crippen molar-refractivity contribution >= 4 is 11.7 Å². The highest BCUT2D eigenvalue weighted by Crippen LogP contribution is 2.62. The molecule has 4 nitrogen and oxygen atoms in total. The van der Waals surface area contributed by atoms with E-state index >= 15 is 0 Å².